The molecule has 0 aliphatic carbocycles. The van der Waals surface area contributed by atoms with Crippen LogP contribution in [0.4, 0.5) is 0 Å². The second-order valence-electron chi connectivity index (χ2n) is 3.82. The average molecular weight is 223 g/mol. The van der Waals surface area contributed by atoms with Crippen LogP contribution in [0.1, 0.15) is 24.7 Å². The molecule has 1 heterocycles. The Kier molecular flexibility index (Phi) is 4.30. The molecule has 2 N–H and O–H groups in total. The van der Waals surface area contributed by atoms with Gasteiger partial charge in [-0.05, 0) is 12.8 Å². The van der Waals surface area contributed by atoms with Gasteiger partial charge in [0.2, 0.25) is 0 Å². The van der Waals surface area contributed by atoms with Gasteiger partial charge in [0.25, 0.3) is 0 Å². The fourth-order valence-corrected chi connectivity index (χ4v) is 1.79. The Hall–Kier alpha value is -0.940. The molecule has 4 heteroatoms. The van der Waals surface area contributed by atoms with Crippen LogP contribution in [0.25, 0.3) is 0 Å². The van der Waals surface area contributed by atoms with E-state index >= 15 is 0 Å². The van der Waals surface area contributed by atoms with E-state index in [4.69, 9.17) is 15.4 Å². The fraction of sp³-hybridized carbons (Fsp3) is 0.500. The van der Waals surface area contributed by atoms with Crippen LogP contribution in [0.3, 0.4) is 0 Å². The molecule has 1 aliphatic heterocycles. The molecule has 2 rings (SSSR count). The van der Waals surface area contributed by atoms with Gasteiger partial charge in [-0.1, -0.05) is 30.3 Å². The number of ether oxygens (including phenoxy) is 2. The molecule has 0 saturated carbocycles. The molecule has 1 fully saturated rings. The molecule has 0 radical (unpaired) electrons. The van der Waals surface area contributed by atoms with Gasteiger partial charge in [-0.15, -0.1) is 0 Å². The Labute approximate surface area is 95.2 Å². The van der Waals surface area contributed by atoms with Gasteiger partial charge in [0.05, 0.1) is 19.3 Å². The summed E-state index contributed by atoms with van der Waals surface area (Å²) in [6.45, 7) is 1.24. The van der Waals surface area contributed by atoms with E-state index in [9.17, 15) is 0 Å². The van der Waals surface area contributed by atoms with E-state index < -0.39 is 0 Å². The molecule has 88 valence electrons. The van der Waals surface area contributed by atoms with Gasteiger partial charge in [-0.2, -0.15) is 0 Å². The van der Waals surface area contributed by atoms with Gasteiger partial charge in [0, 0.05) is 5.56 Å². The summed E-state index contributed by atoms with van der Waals surface area (Å²) >= 11 is 0. The van der Waals surface area contributed by atoms with Crippen LogP contribution < -0.4 is 5.90 Å². The number of hydrogen-bond donors (Lipinski definition) is 1. The molecular weight excluding hydrogens is 206 g/mol. The van der Waals surface area contributed by atoms with Crippen molar-refractivity contribution in [2.75, 3.05) is 13.2 Å². The number of nitrogens with two attached hydrogens (primary N) is 1. The molecule has 1 aromatic rings. The minimum atomic E-state index is -0.252. The molecule has 2 atom stereocenters. The maximum absolute atomic E-state index is 5.82. The Bertz CT molecular complexity index is 304. The van der Waals surface area contributed by atoms with Crippen molar-refractivity contribution in [1.29, 1.82) is 0 Å². The van der Waals surface area contributed by atoms with Gasteiger partial charge in [0.15, 0.2) is 6.29 Å². The lowest BCUT2D eigenvalue weighted by Gasteiger charge is -2.30. The lowest BCUT2D eigenvalue weighted by Crippen LogP contribution is -2.28. The largest absolute Gasteiger partial charge is 0.348 e. The van der Waals surface area contributed by atoms with Crippen LogP contribution >= 0.6 is 0 Å². The molecule has 16 heavy (non-hydrogen) atoms. The smallest absolute Gasteiger partial charge is 0.184 e. The average Bonchev–Trinajstić information content (AvgIpc) is 2.38. The molecule has 0 amide bonds. The quantitative estimate of drug-likeness (QED) is 0.790. The molecule has 4 nitrogen and oxygen atoms in total. The summed E-state index contributed by atoms with van der Waals surface area (Å²) in [4.78, 5) is 4.56. The van der Waals surface area contributed by atoms with Crippen molar-refractivity contribution in [2.24, 2.45) is 5.90 Å². The first kappa shape index (κ1) is 11.5. The Morgan fingerprint density at radius 1 is 1.31 bits per heavy atom. The summed E-state index contributed by atoms with van der Waals surface area (Å²) < 4.78 is 11.4. The number of rotatable bonds is 4. The third-order valence-corrected chi connectivity index (χ3v) is 2.65. The monoisotopic (exact) mass is 223 g/mol. The highest BCUT2D eigenvalue weighted by atomic mass is 16.7. The standard InChI is InChI=1S/C12H17NO3/c13-15-9-7-11-6-8-14-12(16-11)10-4-2-1-3-5-10/h1-5,11-12H,6-9,13H2/t11-,12?/m0/s1. The van der Waals surface area contributed by atoms with Gasteiger partial charge in [-0.3, -0.25) is 0 Å². The van der Waals surface area contributed by atoms with Crippen LogP contribution in [0, 0.1) is 0 Å². The van der Waals surface area contributed by atoms with Gasteiger partial charge >= 0.3 is 0 Å². The van der Waals surface area contributed by atoms with Crippen LogP contribution in [0.15, 0.2) is 30.3 Å². The van der Waals surface area contributed by atoms with Gasteiger partial charge in [-0.25, -0.2) is 5.90 Å². The van der Waals surface area contributed by atoms with E-state index in [1.165, 1.54) is 0 Å². The number of benzene rings is 1. The maximum Gasteiger partial charge on any atom is 0.184 e. The predicted molar refractivity (Wildman–Crippen MR) is 59.4 cm³/mol. The molecule has 0 spiro atoms. The molecule has 1 aliphatic rings. The van der Waals surface area contributed by atoms with Crippen molar-refractivity contribution in [1.82, 2.24) is 0 Å². The third-order valence-electron chi connectivity index (χ3n) is 2.65. The second-order valence-corrected chi connectivity index (χ2v) is 3.82. The Morgan fingerprint density at radius 3 is 2.88 bits per heavy atom. The van der Waals surface area contributed by atoms with E-state index in [1.54, 1.807) is 0 Å². The summed E-state index contributed by atoms with van der Waals surface area (Å²) in [6.07, 6.45) is 1.62. The van der Waals surface area contributed by atoms with Crippen LogP contribution in [0.2, 0.25) is 0 Å². The maximum atomic E-state index is 5.82. The van der Waals surface area contributed by atoms with E-state index in [0.29, 0.717) is 6.61 Å². The minimum absolute atomic E-state index is 0.169. The highest BCUT2D eigenvalue weighted by Crippen LogP contribution is 2.27. The second kappa shape index (κ2) is 5.96. The first-order valence-electron chi connectivity index (χ1n) is 5.54. The molecular formula is C12H17NO3. The van der Waals surface area contributed by atoms with Crippen molar-refractivity contribution in [3.8, 4) is 0 Å². The third kappa shape index (κ3) is 3.02. The highest BCUT2D eigenvalue weighted by molar-refractivity contribution is 5.16. The van der Waals surface area contributed by atoms with E-state index in [-0.39, 0.29) is 12.4 Å². The fourth-order valence-electron chi connectivity index (χ4n) is 1.79. The lowest BCUT2D eigenvalue weighted by atomic mass is 10.1. The molecule has 1 saturated heterocycles. The SMILES string of the molecule is NOCC[C@@H]1CCOC(c2ccccc2)O1. The van der Waals surface area contributed by atoms with Gasteiger partial charge in [0.1, 0.15) is 0 Å². The summed E-state index contributed by atoms with van der Waals surface area (Å²) in [7, 11) is 0. The van der Waals surface area contributed by atoms with Crippen LogP contribution in [-0.4, -0.2) is 19.3 Å². The zero-order valence-corrected chi connectivity index (χ0v) is 9.17. The molecule has 1 aromatic carbocycles. The van der Waals surface area contributed by atoms with Crippen LogP contribution in [-0.2, 0) is 14.3 Å². The molecule has 1 unspecified atom stereocenters. The summed E-state index contributed by atoms with van der Waals surface area (Å²) in [5, 5.41) is 0. The molecule has 0 aromatic heterocycles. The summed E-state index contributed by atoms with van der Waals surface area (Å²) in [5.74, 6) is 5.00. The van der Waals surface area contributed by atoms with Crippen molar-refractivity contribution in [3.63, 3.8) is 0 Å². The van der Waals surface area contributed by atoms with Crippen LogP contribution in [0.5, 0.6) is 0 Å². The number of hydrogen-bond acceptors (Lipinski definition) is 4. The normalized spacial score (nSPS) is 25.6. The first-order chi connectivity index (χ1) is 7.90. The topological polar surface area (TPSA) is 53.7 Å². The first-order valence-corrected chi connectivity index (χ1v) is 5.54. The van der Waals surface area contributed by atoms with Gasteiger partial charge < -0.3 is 14.3 Å². The Morgan fingerprint density at radius 2 is 2.12 bits per heavy atom. The minimum Gasteiger partial charge on any atom is -0.348 e. The van der Waals surface area contributed by atoms with E-state index in [2.05, 4.69) is 4.84 Å². The Balaban J connectivity index is 1.91. The zero-order chi connectivity index (χ0) is 11.2. The van der Waals surface area contributed by atoms with Crippen molar-refractivity contribution >= 4 is 0 Å². The van der Waals surface area contributed by atoms with Crippen molar-refractivity contribution < 1.29 is 14.3 Å². The van der Waals surface area contributed by atoms with Crippen molar-refractivity contribution in [3.05, 3.63) is 35.9 Å². The summed E-state index contributed by atoms with van der Waals surface area (Å²) in [5.41, 5.74) is 1.06. The predicted octanol–water partition coefficient (Wildman–Crippen LogP) is 1.77. The lowest BCUT2D eigenvalue weighted by molar-refractivity contribution is -0.220. The highest BCUT2D eigenvalue weighted by Gasteiger charge is 2.23. The van der Waals surface area contributed by atoms with Crippen molar-refractivity contribution in [2.45, 2.75) is 25.2 Å². The molecule has 0 bridgehead atoms. The zero-order valence-electron chi connectivity index (χ0n) is 9.17. The summed E-state index contributed by atoms with van der Waals surface area (Å²) in [6, 6.07) is 9.95. The van der Waals surface area contributed by atoms with E-state index in [1.807, 2.05) is 30.3 Å². The van der Waals surface area contributed by atoms with E-state index in [0.717, 1.165) is 25.0 Å².